The Morgan fingerprint density at radius 1 is 1.29 bits per heavy atom. The molecule has 6 heteroatoms. The molecular formula is C15H17N3O2S. The van der Waals surface area contributed by atoms with Crippen molar-refractivity contribution >= 4 is 15.7 Å². The molecule has 1 aliphatic heterocycles. The zero-order valence-electron chi connectivity index (χ0n) is 11.8. The predicted molar refractivity (Wildman–Crippen MR) is 81.5 cm³/mol. The number of hydrogen-bond acceptors (Lipinski definition) is 4. The topological polar surface area (TPSA) is 62.3 Å². The normalized spacial score (nSPS) is 14.0. The first-order chi connectivity index (χ1) is 10.1. The molecule has 0 aliphatic carbocycles. The number of benzene rings is 1. The summed E-state index contributed by atoms with van der Waals surface area (Å²) in [6.45, 7) is 1.12. The van der Waals surface area contributed by atoms with Crippen molar-refractivity contribution in [1.82, 2.24) is 9.29 Å². The second-order valence-corrected chi connectivity index (χ2v) is 7.12. The summed E-state index contributed by atoms with van der Waals surface area (Å²) in [4.78, 5) is 4.48. The molecule has 5 nitrogen and oxygen atoms in total. The third kappa shape index (κ3) is 2.77. The highest BCUT2D eigenvalue weighted by molar-refractivity contribution is 7.89. The molecule has 0 fully saturated rings. The van der Waals surface area contributed by atoms with Crippen LogP contribution in [0.2, 0.25) is 0 Å². The van der Waals surface area contributed by atoms with E-state index in [1.165, 1.54) is 9.87 Å². The van der Waals surface area contributed by atoms with Gasteiger partial charge in [-0.1, -0.05) is 12.1 Å². The molecular weight excluding hydrogens is 286 g/mol. The fraction of sp³-hybridized carbons (Fsp3) is 0.267. The van der Waals surface area contributed by atoms with E-state index in [4.69, 9.17) is 0 Å². The molecule has 1 N–H and O–H groups in total. The zero-order chi connectivity index (χ0) is 14.9. The summed E-state index contributed by atoms with van der Waals surface area (Å²) in [6.07, 6.45) is 2.61. The van der Waals surface area contributed by atoms with Gasteiger partial charge in [-0.2, -0.15) is 4.31 Å². The lowest BCUT2D eigenvalue weighted by Gasteiger charge is -2.17. The first-order valence-electron chi connectivity index (χ1n) is 6.80. The molecule has 0 radical (unpaired) electrons. The summed E-state index contributed by atoms with van der Waals surface area (Å²) in [5.41, 5.74) is 2.81. The van der Waals surface area contributed by atoms with Crippen molar-refractivity contribution in [1.29, 1.82) is 0 Å². The van der Waals surface area contributed by atoms with Crippen molar-refractivity contribution in [2.24, 2.45) is 0 Å². The molecule has 2 heterocycles. The molecule has 0 saturated heterocycles. The number of rotatable bonds is 4. The van der Waals surface area contributed by atoms with Crippen molar-refractivity contribution in [3.05, 3.63) is 53.9 Å². The third-order valence-corrected chi connectivity index (χ3v) is 5.41. The van der Waals surface area contributed by atoms with E-state index in [9.17, 15) is 8.42 Å². The lowest BCUT2D eigenvalue weighted by Crippen LogP contribution is -2.26. The Hall–Kier alpha value is -1.92. The standard InChI is InChI=1S/C15H17N3O2S/c1-18(11-13-4-2-3-8-16-13)21(19,20)14-6-5-12-7-9-17-15(12)10-14/h2-6,8,10,17H,7,9,11H2,1H3. The van der Waals surface area contributed by atoms with Gasteiger partial charge in [0.05, 0.1) is 17.1 Å². The van der Waals surface area contributed by atoms with E-state index in [1.807, 2.05) is 24.3 Å². The van der Waals surface area contributed by atoms with Crippen LogP contribution in [0.1, 0.15) is 11.3 Å². The molecule has 0 amide bonds. The fourth-order valence-corrected chi connectivity index (χ4v) is 3.58. The smallest absolute Gasteiger partial charge is 0.243 e. The molecule has 0 spiro atoms. The molecule has 2 aromatic rings. The summed E-state index contributed by atoms with van der Waals surface area (Å²) in [5, 5.41) is 3.21. The number of pyridine rings is 1. The summed E-state index contributed by atoms with van der Waals surface area (Å²) >= 11 is 0. The number of hydrogen-bond donors (Lipinski definition) is 1. The maximum atomic E-state index is 12.6. The molecule has 1 aromatic heterocycles. The van der Waals surface area contributed by atoms with Crippen molar-refractivity contribution in [2.45, 2.75) is 17.9 Å². The first kappa shape index (κ1) is 14.0. The van der Waals surface area contributed by atoms with E-state index < -0.39 is 10.0 Å². The Bertz CT molecular complexity index is 745. The highest BCUT2D eigenvalue weighted by Gasteiger charge is 2.23. The van der Waals surface area contributed by atoms with Crippen LogP contribution in [0.25, 0.3) is 0 Å². The summed E-state index contributed by atoms with van der Waals surface area (Å²) in [5.74, 6) is 0. The number of fused-ring (bicyclic) bond motifs is 1. The first-order valence-corrected chi connectivity index (χ1v) is 8.24. The van der Waals surface area contributed by atoms with Crippen molar-refractivity contribution in [3.63, 3.8) is 0 Å². The number of nitrogens with one attached hydrogen (secondary N) is 1. The van der Waals surface area contributed by atoms with Crippen molar-refractivity contribution < 1.29 is 8.42 Å². The molecule has 1 aliphatic rings. The molecule has 0 saturated carbocycles. The van der Waals surface area contributed by atoms with Crippen LogP contribution in [0, 0.1) is 0 Å². The van der Waals surface area contributed by atoms with Gasteiger partial charge in [0.2, 0.25) is 10.0 Å². The fourth-order valence-electron chi connectivity index (χ4n) is 2.42. The van der Waals surface area contributed by atoms with E-state index in [2.05, 4.69) is 10.3 Å². The lowest BCUT2D eigenvalue weighted by atomic mass is 10.2. The van der Waals surface area contributed by atoms with Crippen molar-refractivity contribution in [2.75, 3.05) is 18.9 Å². The Morgan fingerprint density at radius 3 is 2.90 bits per heavy atom. The maximum Gasteiger partial charge on any atom is 0.243 e. The van der Waals surface area contributed by atoms with Gasteiger partial charge in [0, 0.05) is 25.5 Å². The van der Waals surface area contributed by atoms with Crippen LogP contribution in [-0.2, 0) is 23.0 Å². The van der Waals surface area contributed by atoms with Crippen LogP contribution in [0.5, 0.6) is 0 Å². The molecule has 3 rings (SSSR count). The second-order valence-electron chi connectivity index (χ2n) is 5.08. The molecule has 21 heavy (non-hydrogen) atoms. The van der Waals surface area contributed by atoms with Gasteiger partial charge in [-0.05, 0) is 36.2 Å². The Balaban J connectivity index is 1.86. The number of anilines is 1. The quantitative estimate of drug-likeness (QED) is 0.936. The molecule has 0 bridgehead atoms. The number of nitrogens with zero attached hydrogens (tertiary/aromatic N) is 2. The van der Waals surface area contributed by atoms with Gasteiger partial charge in [-0.25, -0.2) is 8.42 Å². The minimum absolute atomic E-state index is 0.258. The lowest BCUT2D eigenvalue weighted by molar-refractivity contribution is 0.462. The van der Waals surface area contributed by atoms with Crippen LogP contribution in [0.4, 0.5) is 5.69 Å². The van der Waals surface area contributed by atoms with Crippen LogP contribution >= 0.6 is 0 Å². The number of aromatic nitrogens is 1. The van der Waals surface area contributed by atoms with Crippen LogP contribution in [0.15, 0.2) is 47.5 Å². The SMILES string of the molecule is CN(Cc1ccccn1)S(=O)(=O)c1ccc2c(c1)NCC2. The van der Waals surface area contributed by atoms with Gasteiger partial charge in [-0.15, -0.1) is 0 Å². The van der Waals surface area contributed by atoms with Gasteiger partial charge in [-0.3, -0.25) is 4.98 Å². The average molecular weight is 303 g/mol. The zero-order valence-corrected chi connectivity index (χ0v) is 12.6. The van der Waals surface area contributed by atoms with Crippen LogP contribution < -0.4 is 5.32 Å². The van der Waals surface area contributed by atoms with Gasteiger partial charge in [0.25, 0.3) is 0 Å². The largest absolute Gasteiger partial charge is 0.384 e. The highest BCUT2D eigenvalue weighted by Crippen LogP contribution is 2.27. The van der Waals surface area contributed by atoms with Gasteiger partial charge in [0.1, 0.15) is 0 Å². The maximum absolute atomic E-state index is 12.6. The van der Waals surface area contributed by atoms with E-state index in [-0.39, 0.29) is 6.54 Å². The van der Waals surface area contributed by atoms with E-state index in [0.29, 0.717) is 4.90 Å². The summed E-state index contributed by atoms with van der Waals surface area (Å²) < 4.78 is 26.5. The minimum atomic E-state index is -3.51. The predicted octanol–water partition coefficient (Wildman–Crippen LogP) is 1.87. The van der Waals surface area contributed by atoms with Crippen LogP contribution in [0.3, 0.4) is 0 Å². The van der Waals surface area contributed by atoms with Gasteiger partial charge in [0.15, 0.2) is 0 Å². The number of sulfonamides is 1. The summed E-state index contributed by atoms with van der Waals surface area (Å²) in [7, 11) is -1.93. The molecule has 0 unspecified atom stereocenters. The van der Waals surface area contributed by atoms with E-state index in [0.717, 1.165) is 24.3 Å². The monoisotopic (exact) mass is 303 g/mol. The third-order valence-electron chi connectivity index (χ3n) is 3.61. The Morgan fingerprint density at radius 2 is 2.14 bits per heavy atom. The minimum Gasteiger partial charge on any atom is -0.384 e. The second kappa shape index (κ2) is 5.46. The Labute approximate surface area is 124 Å². The Kier molecular flexibility index (Phi) is 3.65. The van der Waals surface area contributed by atoms with E-state index in [1.54, 1.807) is 25.4 Å². The average Bonchev–Trinajstić information content (AvgIpc) is 2.95. The highest BCUT2D eigenvalue weighted by atomic mass is 32.2. The molecule has 110 valence electrons. The summed E-state index contributed by atoms with van der Waals surface area (Å²) in [6, 6.07) is 10.8. The van der Waals surface area contributed by atoms with Gasteiger partial charge >= 0.3 is 0 Å². The van der Waals surface area contributed by atoms with Crippen LogP contribution in [-0.4, -0.2) is 31.3 Å². The van der Waals surface area contributed by atoms with E-state index >= 15 is 0 Å². The molecule has 0 atom stereocenters. The van der Waals surface area contributed by atoms with Crippen molar-refractivity contribution in [3.8, 4) is 0 Å². The van der Waals surface area contributed by atoms with Gasteiger partial charge < -0.3 is 5.32 Å². The molecule has 1 aromatic carbocycles.